The number of rotatable bonds is 8. The summed E-state index contributed by atoms with van der Waals surface area (Å²) in [5, 5.41) is 49.9. The third kappa shape index (κ3) is 5.58. The van der Waals surface area contributed by atoms with Gasteiger partial charge in [0.1, 0.15) is 24.1 Å². The molecule has 23 heavy (non-hydrogen) atoms. The maximum Gasteiger partial charge on any atom is 0.271 e. The molecule has 0 bridgehead atoms. The zero-order chi connectivity index (χ0) is 17.4. The number of nitrogens with one attached hydrogen (secondary N) is 1. The highest BCUT2D eigenvalue weighted by Crippen LogP contribution is 2.09. The van der Waals surface area contributed by atoms with Crippen LogP contribution < -0.4 is 10.2 Å². The molecule has 0 aliphatic rings. The van der Waals surface area contributed by atoms with Gasteiger partial charge in [0.2, 0.25) is 0 Å². The fourth-order valence-electron chi connectivity index (χ4n) is 1.60. The van der Waals surface area contributed by atoms with Gasteiger partial charge in [0.05, 0.1) is 19.9 Å². The van der Waals surface area contributed by atoms with E-state index in [1.54, 1.807) is 24.3 Å². The van der Waals surface area contributed by atoms with Crippen molar-refractivity contribution in [1.82, 2.24) is 5.43 Å². The molecule has 0 aliphatic carbocycles. The van der Waals surface area contributed by atoms with Gasteiger partial charge in [-0.2, -0.15) is 5.10 Å². The first-order valence-corrected chi connectivity index (χ1v) is 6.70. The summed E-state index contributed by atoms with van der Waals surface area (Å²) in [6.07, 6.45) is -6.27. The van der Waals surface area contributed by atoms with Gasteiger partial charge in [-0.1, -0.05) is 0 Å². The lowest BCUT2D eigenvalue weighted by atomic mass is 10.0. The van der Waals surface area contributed by atoms with Crippen LogP contribution in [0.2, 0.25) is 0 Å². The minimum atomic E-state index is -2.03. The molecule has 9 nitrogen and oxygen atoms in total. The number of benzene rings is 1. The van der Waals surface area contributed by atoms with Crippen molar-refractivity contribution in [3.8, 4) is 5.75 Å². The zero-order valence-corrected chi connectivity index (χ0v) is 12.4. The Labute approximate surface area is 132 Å². The number of amides is 1. The van der Waals surface area contributed by atoms with Gasteiger partial charge in [0.25, 0.3) is 5.91 Å². The van der Waals surface area contributed by atoms with Gasteiger partial charge in [-0.25, -0.2) is 5.43 Å². The number of methoxy groups -OCH3 is 1. The quantitative estimate of drug-likeness (QED) is 0.229. The Morgan fingerprint density at radius 2 is 1.83 bits per heavy atom. The van der Waals surface area contributed by atoms with Crippen molar-refractivity contribution in [2.75, 3.05) is 13.7 Å². The average Bonchev–Trinajstić information content (AvgIpc) is 2.59. The van der Waals surface area contributed by atoms with Gasteiger partial charge in [-0.3, -0.25) is 4.79 Å². The summed E-state index contributed by atoms with van der Waals surface area (Å²) < 4.78 is 4.98. The predicted molar refractivity (Wildman–Crippen MR) is 79.8 cm³/mol. The molecule has 1 rings (SSSR count). The van der Waals surface area contributed by atoms with Gasteiger partial charge in [0.15, 0.2) is 6.10 Å². The third-order valence-corrected chi connectivity index (χ3v) is 3.03. The first-order chi connectivity index (χ1) is 10.9. The molecule has 0 aliphatic heterocycles. The number of aliphatic hydroxyl groups is 5. The lowest BCUT2D eigenvalue weighted by molar-refractivity contribution is -0.148. The molecular formula is C14H20N2O7. The maximum atomic E-state index is 11.6. The van der Waals surface area contributed by atoms with Crippen LogP contribution in [0, 0.1) is 0 Å². The number of nitrogens with zero attached hydrogens (tertiary/aromatic N) is 1. The maximum absolute atomic E-state index is 11.6. The van der Waals surface area contributed by atoms with E-state index < -0.39 is 36.9 Å². The number of hydrogen-bond acceptors (Lipinski definition) is 8. The van der Waals surface area contributed by atoms with Crippen molar-refractivity contribution in [2.24, 2.45) is 5.10 Å². The van der Waals surface area contributed by atoms with Crippen LogP contribution in [0.15, 0.2) is 29.4 Å². The molecule has 0 aromatic heterocycles. The summed E-state index contributed by atoms with van der Waals surface area (Å²) in [4.78, 5) is 11.6. The molecule has 1 amide bonds. The molecule has 0 fully saturated rings. The summed E-state index contributed by atoms with van der Waals surface area (Å²) in [6.45, 7) is -0.831. The summed E-state index contributed by atoms with van der Waals surface area (Å²) in [5.41, 5.74) is 2.64. The number of carbonyl (C=O) groups excluding carboxylic acids is 1. The van der Waals surface area contributed by atoms with Crippen molar-refractivity contribution in [2.45, 2.75) is 24.4 Å². The van der Waals surface area contributed by atoms with E-state index in [9.17, 15) is 20.1 Å². The van der Waals surface area contributed by atoms with Gasteiger partial charge in [-0.05, 0) is 29.8 Å². The fraction of sp³-hybridized carbons (Fsp3) is 0.429. The normalized spacial score (nSPS) is 16.6. The number of hydrazone groups is 1. The van der Waals surface area contributed by atoms with Crippen molar-refractivity contribution in [1.29, 1.82) is 0 Å². The minimum Gasteiger partial charge on any atom is -0.497 e. The number of ether oxygens (including phenoxy) is 1. The standard InChI is InChI=1S/C14H20N2O7/c1-23-9-4-2-8(3-5-9)6-15-16-14(22)13(21)12(20)11(19)10(18)7-17/h2-6,10-13,17-21H,7H2,1H3,(H,16,22)/b15-6+. The molecular weight excluding hydrogens is 308 g/mol. The summed E-state index contributed by atoms with van der Waals surface area (Å²) in [6, 6.07) is 6.74. The largest absolute Gasteiger partial charge is 0.497 e. The molecule has 0 saturated carbocycles. The second-order valence-electron chi connectivity index (χ2n) is 4.68. The summed E-state index contributed by atoms with van der Waals surface area (Å²) in [7, 11) is 1.53. The van der Waals surface area contributed by atoms with Gasteiger partial charge >= 0.3 is 0 Å². The fourth-order valence-corrected chi connectivity index (χ4v) is 1.60. The predicted octanol–water partition coefficient (Wildman–Crippen LogP) is -2.42. The van der Waals surface area contributed by atoms with Crippen LogP contribution in [-0.4, -0.2) is 75.8 Å². The molecule has 0 spiro atoms. The topological polar surface area (TPSA) is 152 Å². The molecule has 0 heterocycles. The van der Waals surface area contributed by atoms with Crippen LogP contribution in [0.1, 0.15) is 5.56 Å². The molecule has 4 atom stereocenters. The van der Waals surface area contributed by atoms with Crippen molar-refractivity contribution < 1.29 is 35.1 Å². The van der Waals surface area contributed by atoms with Crippen LogP contribution in [0.25, 0.3) is 0 Å². The van der Waals surface area contributed by atoms with E-state index in [1.165, 1.54) is 13.3 Å². The monoisotopic (exact) mass is 328 g/mol. The summed E-state index contributed by atoms with van der Waals surface area (Å²) >= 11 is 0. The van der Waals surface area contributed by atoms with Crippen molar-refractivity contribution in [3.63, 3.8) is 0 Å². The van der Waals surface area contributed by atoms with E-state index in [0.717, 1.165) is 0 Å². The molecule has 6 N–H and O–H groups in total. The van der Waals surface area contributed by atoms with E-state index >= 15 is 0 Å². The lowest BCUT2D eigenvalue weighted by Gasteiger charge is -2.24. The van der Waals surface area contributed by atoms with Gasteiger partial charge in [-0.15, -0.1) is 0 Å². The van der Waals surface area contributed by atoms with E-state index in [1.807, 2.05) is 5.43 Å². The van der Waals surface area contributed by atoms with Crippen LogP contribution in [0.3, 0.4) is 0 Å². The molecule has 1 aromatic rings. The average molecular weight is 328 g/mol. The Morgan fingerprint density at radius 1 is 1.22 bits per heavy atom. The van der Waals surface area contributed by atoms with E-state index in [-0.39, 0.29) is 0 Å². The first kappa shape index (κ1) is 19.0. The Kier molecular flexibility index (Phi) is 7.59. The molecule has 1 aromatic carbocycles. The zero-order valence-electron chi connectivity index (χ0n) is 12.4. The van der Waals surface area contributed by atoms with Crippen molar-refractivity contribution >= 4 is 12.1 Å². The van der Waals surface area contributed by atoms with Crippen LogP contribution in [0.4, 0.5) is 0 Å². The smallest absolute Gasteiger partial charge is 0.271 e. The highest BCUT2D eigenvalue weighted by molar-refractivity contribution is 5.84. The molecule has 128 valence electrons. The third-order valence-electron chi connectivity index (χ3n) is 3.03. The van der Waals surface area contributed by atoms with Crippen molar-refractivity contribution in [3.05, 3.63) is 29.8 Å². The number of aliphatic hydroxyl groups excluding tert-OH is 5. The van der Waals surface area contributed by atoms with Crippen LogP contribution in [-0.2, 0) is 4.79 Å². The van der Waals surface area contributed by atoms with Gasteiger partial charge in [0, 0.05) is 0 Å². The van der Waals surface area contributed by atoms with E-state index in [2.05, 4.69) is 5.10 Å². The molecule has 9 heteroatoms. The Balaban J connectivity index is 2.55. The Morgan fingerprint density at radius 3 is 2.35 bits per heavy atom. The Bertz CT molecular complexity index is 520. The lowest BCUT2D eigenvalue weighted by Crippen LogP contribution is -2.50. The summed E-state index contributed by atoms with van der Waals surface area (Å²) in [5.74, 6) is -0.424. The highest BCUT2D eigenvalue weighted by Gasteiger charge is 2.34. The number of carbonyl (C=O) groups is 1. The second-order valence-corrected chi connectivity index (χ2v) is 4.68. The minimum absolute atomic E-state index is 0.650. The number of hydrogen-bond donors (Lipinski definition) is 6. The van der Waals surface area contributed by atoms with Crippen LogP contribution >= 0.6 is 0 Å². The molecule has 0 saturated heterocycles. The van der Waals surface area contributed by atoms with Gasteiger partial charge < -0.3 is 30.3 Å². The van der Waals surface area contributed by atoms with E-state index in [4.69, 9.17) is 14.9 Å². The van der Waals surface area contributed by atoms with E-state index in [0.29, 0.717) is 11.3 Å². The molecule has 4 unspecified atom stereocenters. The first-order valence-electron chi connectivity index (χ1n) is 6.70. The molecule has 0 radical (unpaired) electrons. The SMILES string of the molecule is COc1ccc(/C=N/NC(=O)C(O)C(O)C(O)C(O)CO)cc1. The Hall–Kier alpha value is -2.04. The van der Waals surface area contributed by atoms with Crippen LogP contribution in [0.5, 0.6) is 5.75 Å². The second kappa shape index (κ2) is 9.18. The highest BCUT2D eigenvalue weighted by atomic mass is 16.5.